The van der Waals surface area contributed by atoms with E-state index in [4.69, 9.17) is 5.73 Å². The number of nitrogens with zero attached hydrogens (tertiary/aromatic N) is 2. The van der Waals surface area contributed by atoms with E-state index < -0.39 is 0 Å². The molecule has 1 saturated heterocycles. The Bertz CT molecular complexity index is 372. The molecule has 94 valence electrons. The number of aromatic nitrogens is 1. The summed E-state index contributed by atoms with van der Waals surface area (Å²) in [7, 11) is 0. The van der Waals surface area contributed by atoms with Gasteiger partial charge in [0.15, 0.2) is 11.6 Å². The summed E-state index contributed by atoms with van der Waals surface area (Å²) < 4.78 is 13.8. The Morgan fingerprint density at radius 3 is 2.76 bits per heavy atom. The molecule has 1 fully saturated rings. The van der Waals surface area contributed by atoms with Gasteiger partial charge in [0.1, 0.15) is 0 Å². The van der Waals surface area contributed by atoms with Gasteiger partial charge in [0.25, 0.3) is 0 Å². The number of halogens is 1. The molecule has 0 aromatic carbocycles. The van der Waals surface area contributed by atoms with E-state index >= 15 is 0 Å². The largest absolute Gasteiger partial charge is 0.354 e. The summed E-state index contributed by atoms with van der Waals surface area (Å²) in [5.74, 6) is 0.233. The quantitative estimate of drug-likeness (QED) is 0.895. The van der Waals surface area contributed by atoms with Crippen molar-refractivity contribution in [1.82, 2.24) is 4.98 Å². The number of piperidine rings is 1. The van der Waals surface area contributed by atoms with Crippen LogP contribution < -0.4 is 10.6 Å². The van der Waals surface area contributed by atoms with Crippen LogP contribution in [-0.4, -0.2) is 35.6 Å². The van der Waals surface area contributed by atoms with Crippen LogP contribution in [0.1, 0.15) is 12.8 Å². The zero-order valence-electron chi connectivity index (χ0n) is 10.0. The third-order valence-corrected chi connectivity index (χ3v) is 4.96. The Labute approximate surface area is 106 Å². The summed E-state index contributed by atoms with van der Waals surface area (Å²) in [6.45, 7) is 2.34. The first-order chi connectivity index (χ1) is 8.21. The molecular formula is C12H18FN3S. The molecule has 0 bridgehead atoms. The van der Waals surface area contributed by atoms with Crippen molar-refractivity contribution in [2.45, 2.75) is 17.6 Å². The molecule has 1 aromatic heterocycles. The van der Waals surface area contributed by atoms with Crippen molar-refractivity contribution in [3.8, 4) is 0 Å². The average molecular weight is 255 g/mol. The van der Waals surface area contributed by atoms with Gasteiger partial charge in [-0.1, -0.05) is 0 Å². The molecule has 1 aromatic rings. The second kappa shape index (κ2) is 5.23. The SMILES string of the molecule is CSC1(CN)CCN(c2ncccc2F)CC1. The molecule has 1 aliphatic rings. The van der Waals surface area contributed by atoms with Crippen molar-refractivity contribution in [2.24, 2.45) is 5.73 Å². The van der Waals surface area contributed by atoms with Crippen LogP contribution in [0.25, 0.3) is 0 Å². The molecule has 3 nitrogen and oxygen atoms in total. The fourth-order valence-corrected chi connectivity index (χ4v) is 2.99. The normalized spacial score (nSPS) is 19.4. The predicted molar refractivity (Wildman–Crippen MR) is 70.9 cm³/mol. The van der Waals surface area contributed by atoms with Gasteiger partial charge >= 0.3 is 0 Å². The molecular weight excluding hydrogens is 237 g/mol. The standard InChI is InChI=1S/C12H18FN3S/c1-17-12(9-14)4-7-16(8-5-12)11-10(13)3-2-6-15-11/h2-3,6H,4-5,7-9,14H2,1H3. The highest BCUT2D eigenvalue weighted by molar-refractivity contribution is 8.00. The number of nitrogens with two attached hydrogens (primary N) is 1. The summed E-state index contributed by atoms with van der Waals surface area (Å²) in [5.41, 5.74) is 5.83. The summed E-state index contributed by atoms with van der Waals surface area (Å²) in [4.78, 5) is 6.13. The Hall–Kier alpha value is -0.810. The molecule has 0 atom stereocenters. The number of anilines is 1. The van der Waals surface area contributed by atoms with Gasteiger partial charge in [-0.25, -0.2) is 9.37 Å². The van der Waals surface area contributed by atoms with Crippen LogP contribution in [0.15, 0.2) is 18.3 Å². The van der Waals surface area contributed by atoms with Crippen LogP contribution in [0.4, 0.5) is 10.2 Å². The second-order valence-corrected chi connectivity index (χ2v) is 5.66. The van der Waals surface area contributed by atoms with Crippen molar-refractivity contribution in [1.29, 1.82) is 0 Å². The van der Waals surface area contributed by atoms with Gasteiger partial charge in [-0.15, -0.1) is 0 Å². The molecule has 17 heavy (non-hydrogen) atoms. The summed E-state index contributed by atoms with van der Waals surface area (Å²) in [5, 5.41) is 0. The molecule has 0 saturated carbocycles. The molecule has 0 spiro atoms. The van der Waals surface area contributed by atoms with Crippen LogP contribution in [0.2, 0.25) is 0 Å². The number of hydrogen-bond donors (Lipinski definition) is 1. The third-order valence-electron chi connectivity index (χ3n) is 3.52. The highest BCUT2D eigenvalue weighted by Gasteiger charge is 2.33. The van der Waals surface area contributed by atoms with E-state index in [1.165, 1.54) is 6.07 Å². The van der Waals surface area contributed by atoms with Crippen molar-refractivity contribution >= 4 is 17.6 Å². The number of rotatable bonds is 3. The first-order valence-corrected chi connectivity index (χ1v) is 7.04. The van der Waals surface area contributed by atoms with E-state index in [1.54, 1.807) is 12.3 Å². The maximum Gasteiger partial charge on any atom is 0.165 e. The molecule has 2 rings (SSSR count). The minimum Gasteiger partial charge on any atom is -0.354 e. The third kappa shape index (κ3) is 2.55. The maximum atomic E-state index is 13.6. The van der Waals surface area contributed by atoms with Crippen LogP contribution in [-0.2, 0) is 0 Å². The minimum absolute atomic E-state index is 0.168. The molecule has 0 aliphatic carbocycles. The van der Waals surface area contributed by atoms with Gasteiger partial charge < -0.3 is 10.6 Å². The summed E-state index contributed by atoms with van der Waals surface area (Å²) in [6, 6.07) is 3.08. The zero-order chi connectivity index (χ0) is 12.3. The van der Waals surface area contributed by atoms with E-state index in [1.807, 2.05) is 16.7 Å². The molecule has 5 heteroatoms. The van der Waals surface area contributed by atoms with Gasteiger partial charge in [-0.05, 0) is 31.2 Å². The first-order valence-electron chi connectivity index (χ1n) is 5.81. The topological polar surface area (TPSA) is 42.1 Å². The van der Waals surface area contributed by atoms with Crippen molar-refractivity contribution in [3.05, 3.63) is 24.1 Å². The molecule has 2 heterocycles. The summed E-state index contributed by atoms with van der Waals surface area (Å²) >= 11 is 1.83. The average Bonchev–Trinajstić information content (AvgIpc) is 2.40. The van der Waals surface area contributed by atoms with Gasteiger partial charge in [0.2, 0.25) is 0 Å². The lowest BCUT2D eigenvalue weighted by molar-refractivity contribution is 0.450. The van der Waals surface area contributed by atoms with E-state index in [9.17, 15) is 4.39 Å². The van der Waals surface area contributed by atoms with Crippen LogP contribution in [0, 0.1) is 5.82 Å². The molecule has 0 radical (unpaired) electrons. The van der Waals surface area contributed by atoms with Crippen molar-refractivity contribution in [2.75, 3.05) is 30.8 Å². The molecule has 0 unspecified atom stereocenters. The Balaban J connectivity index is 2.07. The predicted octanol–water partition coefficient (Wildman–Crippen LogP) is 1.88. The van der Waals surface area contributed by atoms with Gasteiger partial charge in [-0.3, -0.25) is 0 Å². The number of thioether (sulfide) groups is 1. The maximum absolute atomic E-state index is 13.6. The number of pyridine rings is 1. The van der Waals surface area contributed by atoms with Gasteiger partial charge in [0, 0.05) is 30.6 Å². The smallest absolute Gasteiger partial charge is 0.165 e. The van der Waals surface area contributed by atoms with E-state index in [-0.39, 0.29) is 10.6 Å². The number of hydrogen-bond acceptors (Lipinski definition) is 4. The zero-order valence-corrected chi connectivity index (χ0v) is 10.8. The van der Waals surface area contributed by atoms with Gasteiger partial charge in [-0.2, -0.15) is 11.8 Å². The lowest BCUT2D eigenvalue weighted by Crippen LogP contribution is -2.47. The first kappa shape index (κ1) is 12.6. The van der Waals surface area contributed by atoms with Crippen LogP contribution in [0.3, 0.4) is 0 Å². The Morgan fingerprint density at radius 1 is 1.53 bits per heavy atom. The van der Waals surface area contributed by atoms with Crippen LogP contribution in [0.5, 0.6) is 0 Å². The lowest BCUT2D eigenvalue weighted by atomic mass is 9.96. The highest BCUT2D eigenvalue weighted by atomic mass is 32.2. The Morgan fingerprint density at radius 2 is 2.24 bits per heavy atom. The van der Waals surface area contributed by atoms with Crippen molar-refractivity contribution < 1.29 is 4.39 Å². The second-order valence-electron chi connectivity index (χ2n) is 4.39. The fourth-order valence-electron chi connectivity index (χ4n) is 2.23. The van der Waals surface area contributed by atoms with Gasteiger partial charge in [0.05, 0.1) is 0 Å². The lowest BCUT2D eigenvalue weighted by Gasteiger charge is -2.40. The fraction of sp³-hybridized carbons (Fsp3) is 0.583. The minimum atomic E-state index is -0.239. The molecule has 1 aliphatic heterocycles. The Kier molecular flexibility index (Phi) is 3.89. The summed E-state index contributed by atoms with van der Waals surface area (Å²) in [6.07, 6.45) is 5.71. The molecule has 2 N–H and O–H groups in total. The molecule has 0 amide bonds. The van der Waals surface area contributed by atoms with Crippen molar-refractivity contribution in [3.63, 3.8) is 0 Å². The monoisotopic (exact) mass is 255 g/mol. The van der Waals surface area contributed by atoms with E-state index in [2.05, 4.69) is 11.2 Å². The van der Waals surface area contributed by atoms with E-state index in [0.717, 1.165) is 25.9 Å². The highest BCUT2D eigenvalue weighted by Crippen LogP contribution is 2.34. The van der Waals surface area contributed by atoms with Crippen LogP contribution >= 0.6 is 11.8 Å². The van der Waals surface area contributed by atoms with E-state index in [0.29, 0.717) is 12.4 Å².